The number of aromatic nitrogens is 1. The van der Waals surface area contributed by atoms with E-state index in [9.17, 15) is 4.79 Å². The quantitative estimate of drug-likeness (QED) is 0.819. The fraction of sp³-hybridized carbons (Fsp3) is 0.500. The Labute approximate surface area is 158 Å². The summed E-state index contributed by atoms with van der Waals surface area (Å²) in [7, 11) is 0. The largest absolute Gasteiger partial charge is 0.472 e. The molecule has 0 saturated carbocycles. The van der Waals surface area contributed by atoms with Crippen LogP contribution < -0.4 is 5.32 Å². The molecule has 0 radical (unpaired) electrons. The van der Waals surface area contributed by atoms with Crippen molar-refractivity contribution in [1.82, 2.24) is 15.2 Å². The molecule has 1 amide bonds. The summed E-state index contributed by atoms with van der Waals surface area (Å²) in [6.07, 6.45) is 5.73. The van der Waals surface area contributed by atoms with Gasteiger partial charge < -0.3 is 14.6 Å². The summed E-state index contributed by atoms with van der Waals surface area (Å²) in [5.41, 5.74) is 1.81. The van der Waals surface area contributed by atoms with Crippen molar-refractivity contribution in [2.75, 3.05) is 19.6 Å². The molecule has 24 heavy (non-hydrogen) atoms. The summed E-state index contributed by atoms with van der Waals surface area (Å²) in [6.45, 7) is 4.84. The van der Waals surface area contributed by atoms with Crippen LogP contribution in [0.1, 0.15) is 25.5 Å². The summed E-state index contributed by atoms with van der Waals surface area (Å²) >= 11 is 1.55. The molecule has 1 fully saturated rings. The number of furan rings is 1. The van der Waals surface area contributed by atoms with Crippen molar-refractivity contribution < 1.29 is 9.21 Å². The molecule has 0 bridgehead atoms. The van der Waals surface area contributed by atoms with Crippen LogP contribution in [0.2, 0.25) is 0 Å². The van der Waals surface area contributed by atoms with Crippen LogP contribution in [0.3, 0.4) is 0 Å². The Kier molecular flexibility index (Phi) is 8.76. The van der Waals surface area contributed by atoms with E-state index in [4.69, 9.17) is 4.42 Å². The molecule has 0 aromatic carbocycles. The number of halogens is 2. The standard InChI is InChI=1S/C16H21N3O2S.2ClH/c1-2-6-19(14-3-5-17-9-14)15(20)8-13-11-22-16(18-13)12-4-7-21-10-12;;/h4,7,10-11,14,17H,2-3,5-6,8-9H2,1H3;2*1H. The lowest BCUT2D eigenvalue weighted by Crippen LogP contribution is -2.42. The molecule has 1 atom stereocenters. The normalized spacial score (nSPS) is 16.3. The summed E-state index contributed by atoms with van der Waals surface area (Å²) in [5, 5.41) is 6.21. The maximum absolute atomic E-state index is 12.6. The van der Waals surface area contributed by atoms with Crippen LogP contribution >= 0.6 is 36.2 Å². The Balaban J connectivity index is 0.00000144. The molecule has 3 rings (SSSR count). The lowest BCUT2D eigenvalue weighted by Gasteiger charge is -2.28. The third-order valence-corrected chi connectivity index (χ3v) is 4.85. The lowest BCUT2D eigenvalue weighted by molar-refractivity contribution is -0.132. The predicted molar refractivity (Wildman–Crippen MR) is 101 cm³/mol. The van der Waals surface area contributed by atoms with Gasteiger partial charge in [0.15, 0.2) is 0 Å². The minimum absolute atomic E-state index is 0. The van der Waals surface area contributed by atoms with Gasteiger partial charge in [-0.3, -0.25) is 4.79 Å². The fourth-order valence-corrected chi connectivity index (χ4v) is 3.63. The van der Waals surface area contributed by atoms with Crippen LogP contribution in [-0.2, 0) is 11.2 Å². The predicted octanol–water partition coefficient (Wildman–Crippen LogP) is 3.39. The van der Waals surface area contributed by atoms with Crippen molar-refractivity contribution in [2.45, 2.75) is 32.2 Å². The molecule has 0 spiro atoms. The first-order valence-corrected chi connectivity index (χ1v) is 8.63. The maximum Gasteiger partial charge on any atom is 0.228 e. The molecular weight excluding hydrogens is 369 g/mol. The van der Waals surface area contributed by atoms with E-state index < -0.39 is 0 Å². The Bertz CT molecular complexity index is 613. The van der Waals surface area contributed by atoms with Gasteiger partial charge in [0, 0.05) is 30.1 Å². The smallest absolute Gasteiger partial charge is 0.228 e. The highest BCUT2D eigenvalue weighted by atomic mass is 35.5. The number of hydrogen-bond acceptors (Lipinski definition) is 5. The van der Waals surface area contributed by atoms with E-state index >= 15 is 0 Å². The van der Waals surface area contributed by atoms with Gasteiger partial charge in [-0.05, 0) is 25.5 Å². The Morgan fingerprint density at radius 3 is 2.96 bits per heavy atom. The van der Waals surface area contributed by atoms with Crippen LogP contribution in [-0.4, -0.2) is 41.5 Å². The Hall–Kier alpha value is -1.08. The molecule has 1 unspecified atom stereocenters. The fourth-order valence-electron chi connectivity index (χ4n) is 2.82. The number of carbonyl (C=O) groups excluding carboxylic acids is 1. The van der Waals surface area contributed by atoms with E-state index in [1.54, 1.807) is 23.9 Å². The second-order valence-corrected chi connectivity index (χ2v) is 6.42. The van der Waals surface area contributed by atoms with Gasteiger partial charge in [-0.2, -0.15) is 0 Å². The van der Waals surface area contributed by atoms with Crippen molar-refractivity contribution in [3.63, 3.8) is 0 Å². The van der Waals surface area contributed by atoms with E-state index in [-0.39, 0.29) is 30.7 Å². The molecule has 2 aromatic rings. The Morgan fingerprint density at radius 1 is 1.50 bits per heavy atom. The zero-order chi connectivity index (χ0) is 15.4. The van der Waals surface area contributed by atoms with Gasteiger partial charge in [-0.15, -0.1) is 36.2 Å². The number of amides is 1. The van der Waals surface area contributed by atoms with Crippen LogP contribution in [0.25, 0.3) is 10.6 Å². The van der Waals surface area contributed by atoms with E-state index in [1.165, 1.54) is 0 Å². The van der Waals surface area contributed by atoms with Gasteiger partial charge in [0.25, 0.3) is 0 Å². The number of thiazole rings is 1. The second kappa shape index (κ2) is 10.0. The average molecular weight is 392 g/mol. The average Bonchev–Trinajstić information content (AvgIpc) is 3.24. The van der Waals surface area contributed by atoms with Crippen molar-refractivity contribution in [2.24, 2.45) is 0 Å². The highest BCUT2D eigenvalue weighted by molar-refractivity contribution is 7.13. The maximum atomic E-state index is 12.6. The number of rotatable bonds is 6. The monoisotopic (exact) mass is 391 g/mol. The van der Waals surface area contributed by atoms with Crippen LogP contribution in [0.4, 0.5) is 0 Å². The number of nitrogens with one attached hydrogen (secondary N) is 1. The van der Waals surface area contributed by atoms with Gasteiger partial charge in [0.1, 0.15) is 11.3 Å². The van der Waals surface area contributed by atoms with Crippen LogP contribution in [0.5, 0.6) is 0 Å². The first-order valence-electron chi connectivity index (χ1n) is 7.75. The third kappa shape index (κ3) is 4.96. The highest BCUT2D eigenvalue weighted by Crippen LogP contribution is 2.24. The van der Waals surface area contributed by atoms with Gasteiger partial charge in [0.05, 0.1) is 18.4 Å². The highest BCUT2D eigenvalue weighted by Gasteiger charge is 2.26. The number of nitrogens with zero attached hydrogens (tertiary/aromatic N) is 2. The molecule has 1 aliphatic heterocycles. The summed E-state index contributed by atoms with van der Waals surface area (Å²) < 4.78 is 5.08. The minimum atomic E-state index is 0. The molecule has 8 heteroatoms. The molecule has 0 aliphatic carbocycles. The molecule has 1 N–H and O–H groups in total. The van der Waals surface area contributed by atoms with E-state index in [0.29, 0.717) is 12.5 Å². The SMILES string of the molecule is CCCN(C(=O)Cc1csc(-c2ccoc2)n1)C1CCNC1.Cl.Cl. The zero-order valence-electron chi connectivity index (χ0n) is 13.6. The molecular formula is C16H23Cl2N3O2S. The molecule has 134 valence electrons. The van der Waals surface area contributed by atoms with Crippen molar-refractivity contribution >= 4 is 42.1 Å². The van der Waals surface area contributed by atoms with Crippen LogP contribution in [0, 0.1) is 0 Å². The summed E-state index contributed by atoms with van der Waals surface area (Å²) in [4.78, 5) is 19.2. The molecule has 5 nitrogen and oxygen atoms in total. The topological polar surface area (TPSA) is 58.4 Å². The molecule has 1 aliphatic rings. The van der Waals surface area contributed by atoms with E-state index in [1.807, 2.05) is 16.3 Å². The van der Waals surface area contributed by atoms with E-state index in [0.717, 1.165) is 48.7 Å². The molecule has 3 heterocycles. The van der Waals surface area contributed by atoms with Crippen molar-refractivity contribution in [3.8, 4) is 10.6 Å². The molecule has 1 saturated heterocycles. The number of carbonyl (C=O) groups is 1. The zero-order valence-corrected chi connectivity index (χ0v) is 16.0. The van der Waals surface area contributed by atoms with Gasteiger partial charge in [0.2, 0.25) is 5.91 Å². The number of hydrogen-bond donors (Lipinski definition) is 1. The van der Waals surface area contributed by atoms with Gasteiger partial charge in [-0.1, -0.05) is 6.92 Å². The lowest BCUT2D eigenvalue weighted by atomic mass is 10.2. The summed E-state index contributed by atoms with van der Waals surface area (Å²) in [5.74, 6) is 0.180. The molecule has 2 aromatic heterocycles. The Morgan fingerprint density at radius 2 is 2.33 bits per heavy atom. The van der Waals surface area contributed by atoms with Crippen molar-refractivity contribution in [1.29, 1.82) is 0 Å². The minimum Gasteiger partial charge on any atom is -0.472 e. The third-order valence-electron chi connectivity index (χ3n) is 3.91. The first kappa shape index (κ1) is 21.0. The summed E-state index contributed by atoms with van der Waals surface area (Å²) in [6, 6.07) is 2.22. The first-order chi connectivity index (χ1) is 10.8. The van der Waals surface area contributed by atoms with E-state index in [2.05, 4.69) is 17.2 Å². The van der Waals surface area contributed by atoms with Crippen molar-refractivity contribution in [3.05, 3.63) is 29.7 Å². The van der Waals surface area contributed by atoms with Crippen LogP contribution in [0.15, 0.2) is 28.4 Å². The second-order valence-electron chi connectivity index (χ2n) is 5.57. The van der Waals surface area contributed by atoms with Gasteiger partial charge >= 0.3 is 0 Å². The van der Waals surface area contributed by atoms with Gasteiger partial charge in [-0.25, -0.2) is 4.98 Å².